The highest BCUT2D eigenvalue weighted by atomic mass is 32.1. The van der Waals surface area contributed by atoms with E-state index in [1.165, 1.54) is 11.3 Å². The second-order valence-corrected chi connectivity index (χ2v) is 7.03. The van der Waals surface area contributed by atoms with Gasteiger partial charge in [0.2, 0.25) is 5.91 Å². The molecule has 0 fully saturated rings. The number of ether oxygens (including phenoxy) is 1. The van der Waals surface area contributed by atoms with E-state index in [4.69, 9.17) is 4.74 Å². The number of aromatic nitrogens is 2. The maximum atomic E-state index is 12.4. The summed E-state index contributed by atoms with van der Waals surface area (Å²) in [6, 6.07) is 7.12. The number of carbonyl (C=O) groups is 2. The van der Waals surface area contributed by atoms with E-state index >= 15 is 0 Å². The highest BCUT2D eigenvalue weighted by Gasteiger charge is 2.24. The van der Waals surface area contributed by atoms with Crippen molar-refractivity contribution in [2.45, 2.75) is 32.7 Å². The zero-order valence-electron chi connectivity index (χ0n) is 14.7. The number of benzene rings is 1. The number of aryl methyl sites for hydroxylation is 1. The van der Waals surface area contributed by atoms with Crippen LogP contribution in [0.2, 0.25) is 0 Å². The third kappa shape index (κ3) is 4.29. The van der Waals surface area contributed by atoms with Crippen LogP contribution in [0.5, 0.6) is 0 Å². The number of hydrogen-bond acceptors (Lipinski definition) is 5. The lowest BCUT2D eigenvalue weighted by molar-refractivity contribution is -0.147. The lowest BCUT2D eigenvalue weighted by Gasteiger charge is -2.17. The molecule has 0 spiro atoms. The van der Waals surface area contributed by atoms with Crippen molar-refractivity contribution in [2.24, 2.45) is 0 Å². The van der Waals surface area contributed by atoms with Crippen LogP contribution in [0.4, 0.5) is 0 Å². The van der Waals surface area contributed by atoms with Crippen molar-refractivity contribution in [3.8, 4) is 0 Å². The minimum absolute atomic E-state index is 0.147. The predicted octanol–water partition coefficient (Wildman–Crippen LogP) is 2.77. The maximum Gasteiger partial charge on any atom is 0.328 e. The van der Waals surface area contributed by atoms with E-state index in [-0.39, 0.29) is 18.9 Å². The molecule has 2 heterocycles. The number of nitrogens with one attached hydrogen (secondary N) is 2. The molecule has 0 bridgehead atoms. The minimum atomic E-state index is -0.735. The van der Waals surface area contributed by atoms with Crippen molar-refractivity contribution < 1.29 is 14.3 Å². The van der Waals surface area contributed by atoms with Gasteiger partial charge in [-0.1, -0.05) is 18.2 Å². The predicted molar refractivity (Wildman–Crippen MR) is 101 cm³/mol. The maximum absolute atomic E-state index is 12.4. The van der Waals surface area contributed by atoms with Crippen molar-refractivity contribution in [3.63, 3.8) is 0 Å². The number of H-pyrrole nitrogens is 1. The molecule has 3 aromatic rings. The topological polar surface area (TPSA) is 84.1 Å². The summed E-state index contributed by atoms with van der Waals surface area (Å²) in [7, 11) is 0. The number of aromatic amines is 1. The van der Waals surface area contributed by atoms with Crippen molar-refractivity contribution >= 4 is 34.1 Å². The van der Waals surface area contributed by atoms with Gasteiger partial charge in [-0.15, -0.1) is 11.3 Å². The number of amides is 1. The highest BCUT2D eigenvalue weighted by Crippen LogP contribution is 2.19. The van der Waals surface area contributed by atoms with Crippen LogP contribution in [-0.4, -0.2) is 34.5 Å². The van der Waals surface area contributed by atoms with Gasteiger partial charge >= 0.3 is 5.97 Å². The Morgan fingerprint density at radius 3 is 2.88 bits per heavy atom. The monoisotopic (exact) mass is 371 g/mol. The number of carbonyl (C=O) groups excluding carboxylic acids is 2. The Morgan fingerprint density at radius 1 is 1.35 bits per heavy atom. The van der Waals surface area contributed by atoms with E-state index in [1.807, 2.05) is 42.8 Å². The van der Waals surface area contributed by atoms with Crippen LogP contribution in [-0.2, 0) is 27.2 Å². The van der Waals surface area contributed by atoms with E-state index in [9.17, 15) is 9.59 Å². The molecule has 0 aliphatic heterocycles. The Hall–Kier alpha value is -2.67. The van der Waals surface area contributed by atoms with Gasteiger partial charge in [-0.3, -0.25) is 4.79 Å². The quantitative estimate of drug-likeness (QED) is 0.626. The van der Waals surface area contributed by atoms with Gasteiger partial charge < -0.3 is 15.0 Å². The molecule has 0 unspecified atom stereocenters. The lowest BCUT2D eigenvalue weighted by Crippen LogP contribution is -2.44. The van der Waals surface area contributed by atoms with E-state index < -0.39 is 12.0 Å². The van der Waals surface area contributed by atoms with Crippen molar-refractivity contribution in [3.05, 3.63) is 52.1 Å². The molecule has 0 aliphatic rings. The minimum Gasteiger partial charge on any atom is -0.464 e. The summed E-state index contributed by atoms with van der Waals surface area (Å²) in [5.74, 6) is -0.672. The number of rotatable bonds is 7. The normalized spacial score (nSPS) is 12.1. The molecule has 2 N–H and O–H groups in total. The molecule has 26 heavy (non-hydrogen) atoms. The standard InChI is InChI=1S/C19H21N3O3S/c1-3-25-19(24)17(22-18(23)9-14-11-26-12(2)21-14)8-13-10-20-16-7-5-4-6-15(13)16/h4-7,10-11,17,20H,3,8-9H2,1-2H3,(H,22,23)/t17-/m0/s1. The molecule has 0 saturated carbocycles. The molecule has 6 nitrogen and oxygen atoms in total. The zero-order valence-corrected chi connectivity index (χ0v) is 15.6. The van der Waals surface area contributed by atoms with Crippen molar-refractivity contribution in [1.82, 2.24) is 15.3 Å². The Kier molecular flexibility index (Phi) is 5.68. The Labute approximate surface area is 155 Å². The van der Waals surface area contributed by atoms with Crippen LogP contribution in [0, 0.1) is 6.92 Å². The average Bonchev–Trinajstić information content (AvgIpc) is 3.21. The molecule has 0 aliphatic carbocycles. The molecular formula is C19H21N3O3S. The number of nitrogens with zero attached hydrogens (tertiary/aromatic N) is 1. The molecule has 0 radical (unpaired) electrons. The largest absolute Gasteiger partial charge is 0.464 e. The smallest absolute Gasteiger partial charge is 0.328 e. The van der Waals surface area contributed by atoms with Crippen LogP contribution in [0.15, 0.2) is 35.8 Å². The van der Waals surface area contributed by atoms with E-state index in [0.717, 1.165) is 21.5 Å². The summed E-state index contributed by atoms with van der Waals surface area (Å²) in [6.07, 6.45) is 2.38. The third-order valence-electron chi connectivity index (χ3n) is 4.01. The van der Waals surface area contributed by atoms with Crippen molar-refractivity contribution in [2.75, 3.05) is 6.61 Å². The van der Waals surface area contributed by atoms with Gasteiger partial charge in [0.1, 0.15) is 6.04 Å². The van der Waals surface area contributed by atoms with Gasteiger partial charge in [0, 0.05) is 28.9 Å². The fraction of sp³-hybridized carbons (Fsp3) is 0.316. The lowest BCUT2D eigenvalue weighted by atomic mass is 10.0. The van der Waals surface area contributed by atoms with E-state index in [1.54, 1.807) is 6.92 Å². The number of esters is 1. The molecular weight excluding hydrogens is 350 g/mol. The molecule has 2 aromatic heterocycles. The molecule has 7 heteroatoms. The fourth-order valence-electron chi connectivity index (χ4n) is 2.86. The number of hydrogen-bond donors (Lipinski definition) is 2. The summed E-state index contributed by atoms with van der Waals surface area (Å²) in [5, 5.41) is 6.60. The SMILES string of the molecule is CCOC(=O)[C@H](Cc1c[nH]c2ccccc12)NC(=O)Cc1csc(C)n1. The van der Waals surface area contributed by atoms with Gasteiger partial charge in [-0.25, -0.2) is 9.78 Å². The second kappa shape index (κ2) is 8.14. The summed E-state index contributed by atoms with van der Waals surface area (Å²) in [5.41, 5.74) is 2.66. The molecule has 0 saturated heterocycles. The first kappa shape index (κ1) is 18.1. The first-order chi connectivity index (χ1) is 12.6. The molecule has 1 atom stereocenters. The van der Waals surface area contributed by atoms with Gasteiger partial charge in [0.15, 0.2) is 0 Å². The third-order valence-corrected chi connectivity index (χ3v) is 4.84. The van der Waals surface area contributed by atoms with Crippen LogP contribution in [0.3, 0.4) is 0 Å². The summed E-state index contributed by atoms with van der Waals surface area (Å²) >= 11 is 1.50. The van der Waals surface area contributed by atoms with Crippen LogP contribution in [0.25, 0.3) is 10.9 Å². The summed E-state index contributed by atoms with van der Waals surface area (Å²) in [4.78, 5) is 32.2. The summed E-state index contributed by atoms with van der Waals surface area (Å²) < 4.78 is 5.14. The van der Waals surface area contributed by atoms with Gasteiger partial charge in [0.05, 0.1) is 23.7 Å². The Bertz CT molecular complexity index is 916. The highest BCUT2D eigenvalue weighted by molar-refractivity contribution is 7.09. The number of thiazole rings is 1. The number of para-hydroxylation sites is 1. The first-order valence-corrected chi connectivity index (χ1v) is 9.36. The van der Waals surface area contributed by atoms with Crippen LogP contribution in [0.1, 0.15) is 23.2 Å². The van der Waals surface area contributed by atoms with Crippen molar-refractivity contribution in [1.29, 1.82) is 0 Å². The van der Waals surface area contributed by atoms with Gasteiger partial charge in [0.25, 0.3) is 0 Å². The average molecular weight is 371 g/mol. The molecule has 1 aromatic carbocycles. The zero-order chi connectivity index (χ0) is 18.5. The van der Waals surface area contributed by atoms with Crippen LogP contribution >= 0.6 is 11.3 Å². The molecule has 3 rings (SSSR count). The second-order valence-electron chi connectivity index (χ2n) is 5.97. The molecule has 1 amide bonds. The van der Waals surface area contributed by atoms with Gasteiger partial charge in [-0.2, -0.15) is 0 Å². The van der Waals surface area contributed by atoms with E-state index in [2.05, 4.69) is 15.3 Å². The van der Waals surface area contributed by atoms with E-state index in [0.29, 0.717) is 12.1 Å². The molecule has 136 valence electrons. The van der Waals surface area contributed by atoms with Crippen LogP contribution < -0.4 is 5.32 Å². The number of fused-ring (bicyclic) bond motifs is 1. The first-order valence-electron chi connectivity index (χ1n) is 8.48. The Balaban J connectivity index is 1.74. The Morgan fingerprint density at radius 2 is 2.15 bits per heavy atom. The fourth-order valence-corrected chi connectivity index (χ4v) is 3.47. The summed E-state index contributed by atoms with van der Waals surface area (Å²) in [6.45, 7) is 3.91. The van der Waals surface area contributed by atoms with Gasteiger partial charge in [-0.05, 0) is 25.5 Å².